The van der Waals surface area contributed by atoms with Crippen LogP contribution in [0.15, 0.2) is 36.4 Å². The molecule has 0 aliphatic heterocycles. The van der Waals surface area contributed by atoms with Crippen LogP contribution in [0.2, 0.25) is 5.02 Å². The summed E-state index contributed by atoms with van der Waals surface area (Å²) in [7, 11) is -5.38. The molecule has 0 aromatic heterocycles. The molecule has 2 rings (SSSR count). The van der Waals surface area contributed by atoms with Crippen molar-refractivity contribution in [3.05, 3.63) is 58.1 Å². The van der Waals surface area contributed by atoms with Gasteiger partial charge >= 0.3 is 20.2 Å². The Morgan fingerprint density at radius 2 is 1.55 bits per heavy atom. The molecule has 0 fully saturated rings. The predicted molar refractivity (Wildman–Crippen MR) is 86.3 cm³/mol. The van der Waals surface area contributed by atoms with E-state index in [2.05, 4.69) is 4.52 Å². The van der Waals surface area contributed by atoms with Gasteiger partial charge in [0.2, 0.25) is 0 Å². The second-order valence-corrected chi connectivity index (χ2v) is 7.01. The molecule has 29 heavy (non-hydrogen) atoms. The number of phosphoric ester groups is 1. The summed E-state index contributed by atoms with van der Waals surface area (Å²) < 4.78 is 92.4. The first-order chi connectivity index (χ1) is 13.1. The van der Waals surface area contributed by atoms with Gasteiger partial charge in [-0.15, -0.1) is 0 Å². The van der Waals surface area contributed by atoms with E-state index in [-0.39, 0.29) is 23.2 Å². The van der Waals surface area contributed by atoms with E-state index >= 15 is 0 Å². The Balaban J connectivity index is 2.48. The molecule has 0 aliphatic rings. The highest BCUT2D eigenvalue weighted by Crippen LogP contribution is 2.39. The molecular weight excluding hydrogens is 455 g/mol. The van der Waals surface area contributed by atoms with E-state index in [4.69, 9.17) is 16.5 Å². The Kier molecular flexibility index (Phi) is 6.24. The number of anilines is 1. The highest BCUT2D eigenvalue weighted by Gasteiger charge is 2.37. The fourth-order valence-electron chi connectivity index (χ4n) is 2.11. The molecule has 0 bridgehead atoms. The Morgan fingerprint density at radius 1 is 1.03 bits per heavy atom. The van der Waals surface area contributed by atoms with Crippen LogP contribution in [0.25, 0.3) is 0 Å². The highest BCUT2D eigenvalue weighted by atomic mass is 35.5. The van der Waals surface area contributed by atoms with Crippen LogP contribution in [-0.4, -0.2) is 10.8 Å². The molecule has 14 heteroatoms. The zero-order valence-electron chi connectivity index (χ0n) is 13.6. The molecule has 2 aromatic rings. The second kappa shape index (κ2) is 7.86. The molecule has 2 aromatic carbocycles. The number of amides is 1. The maximum absolute atomic E-state index is 12.9. The first-order valence-corrected chi connectivity index (χ1v) is 9.07. The largest absolute Gasteiger partial charge is 0.746 e. The topological polar surface area (TPSA) is 98.7 Å². The first kappa shape index (κ1) is 23.0. The summed E-state index contributed by atoms with van der Waals surface area (Å²) in [6, 6.07) is 3.12. The number of nitrogens with one attached hydrogen (secondary N) is 1. The molecule has 1 amide bonds. The minimum absolute atomic E-state index is 0.136. The van der Waals surface area contributed by atoms with Crippen molar-refractivity contribution in [3.63, 3.8) is 0 Å². The van der Waals surface area contributed by atoms with Crippen LogP contribution in [0.5, 0.6) is 5.75 Å². The van der Waals surface area contributed by atoms with E-state index in [9.17, 15) is 40.6 Å². The number of hydrogen-bond acceptors (Lipinski definition) is 4. The Bertz CT molecular complexity index is 956. The average molecular weight is 463 g/mol. The summed E-state index contributed by atoms with van der Waals surface area (Å²) in [6.45, 7) is 0. The van der Waals surface area contributed by atoms with Gasteiger partial charge in [0.15, 0.2) is 0 Å². The number of carbonyl (C=O) groups is 1. The number of alkyl halides is 6. The third-order valence-electron chi connectivity index (χ3n) is 3.25. The molecule has 2 N–H and O–H groups in total. The molecule has 0 aliphatic carbocycles. The van der Waals surface area contributed by atoms with Crippen molar-refractivity contribution >= 4 is 31.0 Å². The first-order valence-electron chi connectivity index (χ1n) is 7.20. The molecule has 6 nitrogen and oxygen atoms in total. The molecular formula is C15H8ClF6NO5P-. The number of phosphoric acid groups is 1. The molecule has 0 radical (unpaired) electrons. The van der Waals surface area contributed by atoms with E-state index < -0.39 is 54.2 Å². The van der Waals surface area contributed by atoms with Crippen molar-refractivity contribution in [3.8, 4) is 5.75 Å². The van der Waals surface area contributed by atoms with Crippen LogP contribution in [0.4, 0.5) is 32.0 Å². The average Bonchev–Trinajstić information content (AvgIpc) is 2.53. The lowest BCUT2D eigenvalue weighted by atomic mass is 10.1. The standard InChI is InChI=1S/C15H9ClF6NO5P/c16-9-1-2-12(28-29(25,26)27)11(6-9)13(24)23-10-4-7(14(17,18)19)3-8(5-10)15(20,21)22/h1-6H,(H,23,24)(H2,25,26,27)/p-1. The minimum atomic E-state index is -5.38. The molecule has 0 saturated carbocycles. The van der Waals surface area contributed by atoms with Gasteiger partial charge < -0.3 is 19.6 Å². The predicted octanol–water partition coefficient (Wildman–Crippen LogP) is 4.47. The van der Waals surface area contributed by atoms with E-state index in [1.165, 1.54) is 0 Å². The monoisotopic (exact) mass is 462 g/mol. The smallest absolute Gasteiger partial charge is 0.416 e. The lowest BCUT2D eigenvalue weighted by molar-refractivity contribution is -0.211. The summed E-state index contributed by atoms with van der Waals surface area (Å²) in [5, 5.41) is 1.65. The number of hydrogen-bond donors (Lipinski definition) is 2. The second-order valence-electron chi connectivity index (χ2n) is 5.45. The third kappa shape index (κ3) is 6.36. The zero-order chi connectivity index (χ0) is 22.2. The van der Waals surface area contributed by atoms with E-state index in [1.54, 1.807) is 5.32 Å². The van der Waals surface area contributed by atoms with E-state index in [0.29, 0.717) is 0 Å². The molecule has 0 spiro atoms. The normalized spacial score (nSPS) is 14.2. The summed E-state index contributed by atoms with van der Waals surface area (Å²) in [5.41, 5.74) is -4.90. The molecule has 1 unspecified atom stereocenters. The van der Waals surface area contributed by atoms with Crippen LogP contribution in [0.3, 0.4) is 0 Å². The van der Waals surface area contributed by atoms with Crippen LogP contribution in [0, 0.1) is 0 Å². The maximum Gasteiger partial charge on any atom is 0.416 e. The lowest BCUT2D eigenvalue weighted by Gasteiger charge is -2.19. The quantitative estimate of drug-likeness (QED) is 0.516. The number of benzene rings is 2. The van der Waals surface area contributed by atoms with Gasteiger partial charge in [0, 0.05) is 10.7 Å². The minimum Gasteiger partial charge on any atom is -0.746 e. The van der Waals surface area contributed by atoms with Crippen molar-refractivity contribution in [2.45, 2.75) is 12.4 Å². The van der Waals surface area contributed by atoms with Crippen molar-refractivity contribution in [2.24, 2.45) is 0 Å². The van der Waals surface area contributed by atoms with Crippen LogP contribution < -0.4 is 14.7 Å². The Hall–Kier alpha value is -2.27. The fourth-order valence-corrected chi connectivity index (χ4v) is 2.69. The van der Waals surface area contributed by atoms with Gasteiger partial charge in [-0.05, 0) is 36.4 Å². The maximum atomic E-state index is 12.9. The van der Waals surface area contributed by atoms with E-state index in [0.717, 1.165) is 18.2 Å². The van der Waals surface area contributed by atoms with Gasteiger partial charge in [-0.2, -0.15) is 26.3 Å². The number of rotatable bonds is 4. The highest BCUT2D eigenvalue weighted by molar-refractivity contribution is 7.45. The molecule has 0 saturated heterocycles. The molecule has 0 heterocycles. The molecule has 1 atom stereocenters. The van der Waals surface area contributed by atoms with Gasteiger partial charge in [0.1, 0.15) is 5.75 Å². The van der Waals surface area contributed by atoms with Crippen molar-refractivity contribution in [1.29, 1.82) is 0 Å². The summed E-state index contributed by atoms with van der Waals surface area (Å²) in [5.74, 6) is -2.10. The summed E-state index contributed by atoms with van der Waals surface area (Å²) in [6.07, 6.45) is -10.3. The Labute approximate surface area is 163 Å². The summed E-state index contributed by atoms with van der Waals surface area (Å²) in [4.78, 5) is 31.9. The number of halogens is 7. The van der Waals surface area contributed by atoms with Crippen molar-refractivity contribution < 1.29 is 50.0 Å². The van der Waals surface area contributed by atoms with Crippen LogP contribution >= 0.6 is 19.4 Å². The SMILES string of the molecule is O=C(Nc1cc(C(F)(F)F)cc(C(F)(F)F)c1)c1cc(Cl)ccc1OP(=O)([O-])O. The fraction of sp³-hybridized carbons (Fsp3) is 0.133. The third-order valence-corrected chi connectivity index (χ3v) is 3.91. The van der Waals surface area contributed by atoms with Gasteiger partial charge in [-0.1, -0.05) is 11.6 Å². The van der Waals surface area contributed by atoms with Gasteiger partial charge in [-0.25, -0.2) is 0 Å². The van der Waals surface area contributed by atoms with Gasteiger partial charge in [0.25, 0.3) is 5.91 Å². The van der Waals surface area contributed by atoms with Crippen molar-refractivity contribution in [1.82, 2.24) is 0 Å². The van der Waals surface area contributed by atoms with E-state index in [1.807, 2.05) is 0 Å². The lowest BCUT2D eigenvalue weighted by Crippen LogP contribution is -2.17. The van der Waals surface area contributed by atoms with Gasteiger partial charge in [0.05, 0.1) is 16.7 Å². The molecule has 158 valence electrons. The van der Waals surface area contributed by atoms with Crippen LogP contribution in [-0.2, 0) is 16.9 Å². The zero-order valence-corrected chi connectivity index (χ0v) is 15.3. The van der Waals surface area contributed by atoms with Crippen LogP contribution in [0.1, 0.15) is 21.5 Å². The summed E-state index contributed by atoms with van der Waals surface area (Å²) >= 11 is 5.66. The van der Waals surface area contributed by atoms with Gasteiger partial charge in [-0.3, -0.25) is 9.36 Å². The number of carbonyl (C=O) groups excluding carboxylic acids is 1. The van der Waals surface area contributed by atoms with Crippen molar-refractivity contribution in [2.75, 3.05) is 5.32 Å². The Morgan fingerprint density at radius 3 is 2.00 bits per heavy atom.